The van der Waals surface area contributed by atoms with Crippen LogP contribution in [0.5, 0.6) is 0 Å². The molecule has 130 valence electrons. The third kappa shape index (κ3) is 4.63. The first-order chi connectivity index (χ1) is 11.5. The summed E-state index contributed by atoms with van der Waals surface area (Å²) in [6, 6.07) is 11.3. The zero-order valence-electron chi connectivity index (χ0n) is 13.5. The van der Waals surface area contributed by atoms with E-state index in [1.807, 2.05) is 0 Å². The predicted octanol–water partition coefficient (Wildman–Crippen LogP) is 5.34. The summed E-state index contributed by atoms with van der Waals surface area (Å²) in [6.45, 7) is 3.77. The van der Waals surface area contributed by atoms with E-state index in [9.17, 15) is 13.3 Å². The van der Waals surface area contributed by atoms with Gasteiger partial charge in [-0.25, -0.2) is 8.78 Å². The summed E-state index contributed by atoms with van der Waals surface area (Å²) in [5, 5.41) is 2.99. The average molecular weight is 355 g/mol. The van der Waals surface area contributed by atoms with Crippen molar-refractivity contribution in [2.75, 3.05) is 18.5 Å². The van der Waals surface area contributed by atoms with E-state index in [0.29, 0.717) is 11.3 Å². The number of rotatable bonds is 8. The van der Waals surface area contributed by atoms with Crippen LogP contribution in [-0.2, 0) is 13.6 Å². The zero-order chi connectivity index (χ0) is 17.6. The van der Waals surface area contributed by atoms with Gasteiger partial charge in [0.05, 0.1) is 13.2 Å². The van der Waals surface area contributed by atoms with Crippen LogP contribution in [0, 0.1) is 11.6 Å². The molecule has 2 aromatic carbocycles. The minimum atomic E-state index is -3.60. The van der Waals surface area contributed by atoms with Crippen LogP contribution in [0.1, 0.15) is 25.2 Å². The maximum Gasteiger partial charge on any atom is 0.357 e. The van der Waals surface area contributed by atoms with Gasteiger partial charge in [0, 0.05) is 5.69 Å². The Morgan fingerprint density at radius 2 is 1.62 bits per heavy atom. The second-order valence-electron chi connectivity index (χ2n) is 4.98. The number of halogens is 2. The Bertz CT molecular complexity index is 699. The molecule has 0 amide bonds. The first-order valence-corrected chi connectivity index (χ1v) is 9.26. The quantitative estimate of drug-likeness (QED) is 0.649. The molecule has 0 aliphatic heterocycles. The molecule has 1 N–H and O–H groups in total. The van der Waals surface area contributed by atoms with Gasteiger partial charge in [0.15, 0.2) is 5.78 Å². The summed E-state index contributed by atoms with van der Waals surface area (Å²) in [7, 11) is -3.60. The maximum atomic E-state index is 13.4. The number of hydrogen-bond donors (Lipinski definition) is 1. The molecular formula is C17H20F2NO3P. The van der Waals surface area contributed by atoms with Gasteiger partial charge in [-0.2, -0.15) is 0 Å². The highest BCUT2D eigenvalue weighted by molar-refractivity contribution is 7.54. The second kappa shape index (κ2) is 8.38. The lowest BCUT2D eigenvalue weighted by Gasteiger charge is -2.28. The number of benzene rings is 2. The average Bonchev–Trinajstić information content (AvgIpc) is 2.54. The fourth-order valence-electron chi connectivity index (χ4n) is 2.27. The van der Waals surface area contributed by atoms with Crippen LogP contribution in [0.4, 0.5) is 14.5 Å². The highest BCUT2D eigenvalue weighted by atomic mass is 31.2. The first kappa shape index (κ1) is 18.6. The molecule has 0 aromatic heterocycles. The number of anilines is 1. The van der Waals surface area contributed by atoms with Crippen LogP contribution >= 0.6 is 7.60 Å². The van der Waals surface area contributed by atoms with Gasteiger partial charge in [-0.3, -0.25) is 4.57 Å². The predicted molar refractivity (Wildman–Crippen MR) is 90.0 cm³/mol. The van der Waals surface area contributed by atoms with Crippen molar-refractivity contribution in [3.63, 3.8) is 0 Å². The van der Waals surface area contributed by atoms with E-state index in [0.717, 1.165) is 0 Å². The molecule has 0 heterocycles. The minimum absolute atomic E-state index is 0.180. The lowest BCUT2D eigenvalue weighted by Crippen LogP contribution is -2.15. The van der Waals surface area contributed by atoms with Crippen molar-refractivity contribution in [1.82, 2.24) is 0 Å². The van der Waals surface area contributed by atoms with Gasteiger partial charge in [0.1, 0.15) is 11.6 Å². The van der Waals surface area contributed by atoms with Gasteiger partial charge in [-0.05, 0) is 49.7 Å². The molecule has 4 nitrogen and oxygen atoms in total. The summed E-state index contributed by atoms with van der Waals surface area (Å²) in [5.74, 6) is -1.73. The Morgan fingerprint density at radius 3 is 2.17 bits per heavy atom. The SMILES string of the molecule is CCOP(=O)(OCC)C(Nc1cccc(F)c1)c1ccc(F)cc1. The van der Waals surface area contributed by atoms with Crippen molar-refractivity contribution in [3.8, 4) is 0 Å². The van der Waals surface area contributed by atoms with E-state index in [4.69, 9.17) is 9.05 Å². The molecular weight excluding hydrogens is 335 g/mol. The number of hydrogen-bond acceptors (Lipinski definition) is 4. The molecule has 0 aliphatic rings. The van der Waals surface area contributed by atoms with Gasteiger partial charge in [0.2, 0.25) is 0 Å². The van der Waals surface area contributed by atoms with Gasteiger partial charge >= 0.3 is 7.60 Å². The molecule has 2 rings (SSSR count). The van der Waals surface area contributed by atoms with Crippen molar-refractivity contribution in [3.05, 3.63) is 65.7 Å². The first-order valence-electron chi connectivity index (χ1n) is 7.65. The monoisotopic (exact) mass is 355 g/mol. The lowest BCUT2D eigenvalue weighted by atomic mass is 10.2. The van der Waals surface area contributed by atoms with Crippen LogP contribution in [-0.4, -0.2) is 13.2 Å². The summed E-state index contributed by atoms with van der Waals surface area (Å²) in [6.07, 6.45) is 0. The van der Waals surface area contributed by atoms with Crippen LogP contribution < -0.4 is 5.32 Å². The summed E-state index contributed by atoms with van der Waals surface area (Å²) >= 11 is 0. The molecule has 0 bridgehead atoms. The Balaban J connectivity index is 2.43. The highest BCUT2D eigenvalue weighted by Gasteiger charge is 2.37. The van der Waals surface area contributed by atoms with Gasteiger partial charge in [-0.1, -0.05) is 18.2 Å². The molecule has 24 heavy (non-hydrogen) atoms. The van der Waals surface area contributed by atoms with Gasteiger partial charge < -0.3 is 14.4 Å². The number of nitrogens with one attached hydrogen (secondary N) is 1. The van der Waals surface area contributed by atoms with E-state index < -0.39 is 25.0 Å². The molecule has 0 aliphatic carbocycles. The molecule has 1 unspecified atom stereocenters. The van der Waals surface area contributed by atoms with E-state index in [1.54, 1.807) is 19.9 Å². The fourth-order valence-corrected chi connectivity index (χ4v) is 4.21. The van der Waals surface area contributed by atoms with Crippen LogP contribution in [0.2, 0.25) is 0 Å². The van der Waals surface area contributed by atoms with Crippen molar-refractivity contribution in [2.45, 2.75) is 19.6 Å². The molecule has 0 spiro atoms. The smallest absolute Gasteiger partial charge is 0.357 e. The van der Waals surface area contributed by atoms with Crippen molar-refractivity contribution >= 4 is 13.3 Å². The van der Waals surface area contributed by atoms with Crippen molar-refractivity contribution < 1.29 is 22.4 Å². The van der Waals surface area contributed by atoms with Crippen molar-refractivity contribution in [1.29, 1.82) is 0 Å². The fraction of sp³-hybridized carbons (Fsp3) is 0.294. The third-order valence-electron chi connectivity index (χ3n) is 3.25. The molecule has 7 heteroatoms. The standard InChI is InChI=1S/C17H20F2NO3P/c1-3-22-24(21,23-4-2)17(13-8-10-14(18)11-9-13)20-16-7-5-6-15(19)12-16/h5-12,17,20H,3-4H2,1-2H3. The summed E-state index contributed by atoms with van der Waals surface area (Å²) in [5.41, 5.74) is 0.940. The maximum absolute atomic E-state index is 13.4. The highest BCUT2D eigenvalue weighted by Crippen LogP contribution is 2.60. The Hall–Kier alpha value is -1.75. The zero-order valence-corrected chi connectivity index (χ0v) is 14.4. The molecule has 0 saturated heterocycles. The third-order valence-corrected chi connectivity index (χ3v) is 5.54. The van der Waals surface area contributed by atoms with E-state index in [-0.39, 0.29) is 13.2 Å². The largest absolute Gasteiger partial charge is 0.368 e. The van der Waals surface area contributed by atoms with Crippen LogP contribution in [0.15, 0.2) is 48.5 Å². The molecule has 1 atom stereocenters. The van der Waals surface area contributed by atoms with Gasteiger partial charge in [0.25, 0.3) is 0 Å². The summed E-state index contributed by atoms with van der Waals surface area (Å²) in [4.78, 5) is 0. The van der Waals surface area contributed by atoms with E-state index >= 15 is 0 Å². The van der Waals surface area contributed by atoms with E-state index in [2.05, 4.69) is 5.32 Å². The minimum Gasteiger partial charge on any atom is -0.368 e. The van der Waals surface area contributed by atoms with Crippen LogP contribution in [0.3, 0.4) is 0 Å². The Morgan fingerprint density at radius 1 is 1.00 bits per heavy atom. The summed E-state index contributed by atoms with van der Waals surface area (Å²) < 4.78 is 50.7. The second-order valence-corrected chi connectivity index (χ2v) is 7.10. The molecule has 0 saturated carbocycles. The molecule has 0 fully saturated rings. The van der Waals surface area contributed by atoms with Crippen LogP contribution in [0.25, 0.3) is 0 Å². The van der Waals surface area contributed by atoms with E-state index in [1.165, 1.54) is 42.5 Å². The van der Waals surface area contributed by atoms with Gasteiger partial charge in [-0.15, -0.1) is 0 Å². The molecule has 0 radical (unpaired) electrons. The van der Waals surface area contributed by atoms with Crippen molar-refractivity contribution in [2.24, 2.45) is 0 Å². The Kier molecular flexibility index (Phi) is 6.49. The normalized spacial score (nSPS) is 12.8. The molecule has 2 aromatic rings. The Labute approximate surface area is 140 Å². The topological polar surface area (TPSA) is 47.6 Å². The lowest BCUT2D eigenvalue weighted by molar-refractivity contribution is 0.214.